The Bertz CT molecular complexity index is 361. The highest BCUT2D eigenvalue weighted by molar-refractivity contribution is 6.64. The zero-order chi connectivity index (χ0) is 12.7. The summed E-state index contributed by atoms with van der Waals surface area (Å²) in [6, 6.07) is 8.45. The predicted octanol–water partition coefficient (Wildman–Crippen LogP) is 3.63. The van der Waals surface area contributed by atoms with Gasteiger partial charge in [0.25, 0.3) is 0 Å². The molecular weight excluding hydrogens is 228 g/mol. The maximum Gasteiger partial charge on any atom is 0.331 e. The third kappa shape index (κ3) is 5.30. The monoisotopic (exact) mass is 250 g/mol. The van der Waals surface area contributed by atoms with E-state index < -0.39 is 8.56 Å². The van der Waals surface area contributed by atoms with E-state index in [-0.39, 0.29) is 0 Å². The Morgan fingerprint density at radius 1 is 1.35 bits per heavy atom. The first kappa shape index (κ1) is 14.2. The lowest BCUT2D eigenvalue weighted by molar-refractivity contribution is 0.208. The van der Waals surface area contributed by atoms with E-state index in [9.17, 15) is 0 Å². The van der Waals surface area contributed by atoms with Gasteiger partial charge in [-0.25, -0.2) is 0 Å². The van der Waals surface area contributed by atoms with Gasteiger partial charge < -0.3 is 8.85 Å². The normalized spacial score (nSPS) is 11.5. The summed E-state index contributed by atoms with van der Waals surface area (Å²) in [7, 11) is -0.127. The molecule has 0 aromatic heterocycles. The summed E-state index contributed by atoms with van der Waals surface area (Å²) in [4.78, 5) is 0. The summed E-state index contributed by atoms with van der Waals surface area (Å²) in [5.41, 5.74) is 2.51. The van der Waals surface area contributed by atoms with E-state index >= 15 is 0 Å². The van der Waals surface area contributed by atoms with Crippen LogP contribution in [0.4, 0.5) is 0 Å². The second kappa shape index (κ2) is 6.74. The molecular formula is C14H22O2Si. The molecule has 0 aliphatic rings. The largest absolute Gasteiger partial charge is 0.398 e. The SMILES string of the molecule is C=Cc1cccc(CCCO[Si](C)(C)OC)c1. The third-order valence-electron chi connectivity index (χ3n) is 2.74. The number of rotatable bonds is 7. The highest BCUT2D eigenvalue weighted by Gasteiger charge is 2.21. The van der Waals surface area contributed by atoms with Crippen LogP contribution in [0.3, 0.4) is 0 Å². The van der Waals surface area contributed by atoms with Gasteiger partial charge >= 0.3 is 8.56 Å². The highest BCUT2D eigenvalue weighted by atomic mass is 28.4. The van der Waals surface area contributed by atoms with Crippen LogP contribution in [-0.2, 0) is 15.3 Å². The molecule has 0 N–H and O–H groups in total. The minimum atomic E-state index is -1.85. The molecule has 0 bridgehead atoms. The lowest BCUT2D eigenvalue weighted by Gasteiger charge is -2.19. The van der Waals surface area contributed by atoms with E-state index in [1.807, 2.05) is 6.08 Å². The van der Waals surface area contributed by atoms with Crippen molar-refractivity contribution in [1.82, 2.24) is 0 Å². The fourth-order valence-electron chi connectivity index (χ4n) is 1.53. The lowest BCUT2D eigenvalue weighted by atomic mass is 10.1. The van der Waals surface area contributed by atoms with Crippen molar-refractivity contribution in [2.75, 3.05) is 13.7 Å². The van der Waals surface area contributed by atoms with Crippen molar-refractivity contribution in [1.29, 1.82) is 0 Å². The van der Waals surface area contributed by atoms with Gasteiger partial charge in [0.05, 0.1) is 0 Å². The average molecular weight is 250 g/mol. The first-order chi connectivity index (χ1) is 8.07. The molecule has 17 heavy (non-hydrogen) atoms. The van der Waals surface area contributed by atoms with Crippen molar-refractivity contribution >= 4 is 14.6 Å². The van der Waals surface area contributed by atoms with Crippen molar-refractivity contribution in [2.24, 2.45) is 0 Å². The Morgan fingerprint density at radius 3 is 2.76 bits per heavy atom. The van der Waals surface area contributed by atoms with Gasteiger partial charge in [0.1, 0.15) is 0 Å². The van der Waals surface area contributed by atoms with Gasteiger partial charge in [-0.3, -0.25) is 0 Å². The number of hydrogen-bond donors (Lipinski definition) is 0. The van der Waals surface area contributed by atoms with Crippen LogP contribution in [0.15, 0.2) is 30.8 Å². The Balaban J connectivity index is 2.33. The van der Waals surface area contributed by atoms with Crippen LogP contribution in [0.2, 0.25) is 13.1 Å². The summed E-state index contributed by atoms with van der Waals surface area (Å²) in [5, 5.41) is 0. The molecule has 0 radical (unpaired) electrons. The van der Waals surface area contributed by atoms with Crippen molar-refractivity contribution in [3.63, 3.8) is 0 Å². The van der Waals surface area contributed by atoms with Crippen LogP contribution in [-0.4, -0.2) is 22.3 Å². The molecule has 1 aromatic carbocycles. The van der Waals surface area contributed by atoms with Gasteiger partial charge in [-0.1, -0.05) is 36.9 Å². The number of aryl methyl sites for hydroxylation is 1. The molecule has 0 saturated heterocycles. The average Bonchev–Trinajstić information content (AvgIpc) is 2.35. The predicted molar refractivity (Wildman–Crippen MR) is 75.3 cm³/mol. The van der Waals surface area contributed by atoms with Crippen LogP contribution in [0.25, 0.3) is 6.08 Å². The molecule has 0 unspecified atom stereocenters. The van der Waals surface area contributed by atoms with Crippen LogP contribution in [0.1, 0.15) is 17.5 Å². The molecule has 2 nitrogen and oxygen atoms in total. The molecule has 94 valence electrons. The van der Waals surface area contributed by atoms with Crippen molar-refractivity contribution in [3.8, 4) is 0 Å². The van der Waals surface area contributed by atoms with Gasteiger partial charge in [0, 0.05) is 13.7 Å². The van der Waals surface area contributed by atoms with Crippen LogP contribution >= 0.6 is 0 Å². The van der Waals surface area contributed by atoms with Crippen LogP contribution < -0.4 is 0 Å². The Morgan fingerprint density at radius 2 is 2.12 bits per heavy atom. The minimum absolute atomic E-state index is 0.769. The maximum atomic E-state index is 5.75. The standard InChI is InChI=1S/C14H22O2Si/c1-5-13-8-6-9-14(12-13)10-7-11-16-17(3,4)15-2/h5-6,8-9,12H,1,7,10-11H2,2-4H3. The van der Waals surface area contributed by atoms with Gasteiger partial charge in [-0.15, -0.1) is 0 Å². The van der Waals surface area contributed by atoms with E-state index in [1.54, 1.807) is 7.11 Å². The topological polar surface area (TPSA) is 18.5 Å². The zero-order valence-corrected chi connectivity index (χ0v) is 12.0. The summed E-state index contributed by atoms with van der Waals surface area (Å²) in [6.07, 6.45) is 3.94. The first-order valence-electron chi connectivity index (χ1n) is 5.98. The van der Waals surface area contributed by atoms with Crippen LogP contribution in [0.5, 0.6) is 0 Å². The molecule has 0 fully saturated rings. The second-order valence-corrected chi connectivity index (χ2v) is 8.00. The Labute approximate surface area is 106 Å². The van der Waals surface area contributed by atoms with Gasteiger partial charge in [0.15, 0.2) is 0 Å². The van der Waals surface area contributed by atoms with Gasteiger partial charge in [0.2, 0.25) is 0 Å². The molecule has 0 saturated carbocycles. The first-order valence-corrected chi connectivity index (χ1v) is 8.79. The molecule has 1 aromatic rings. The summed E-state index contributed by atoms with van der Waals surface area (Å²) < 4.78 is 11.1. The molecule has 0 atom stereocenters. The summed E-state index contributed by atoms with van der Waals surface area (Å²) >= 11 is 0. The Hall–Kier alpha value is -0.903. The lowest BCUT2D eigenvalue weighted by Crippen LogP contribution is -2.33. The van der Waals surface area contributed by atoms with Crippen molar-refractivity contribution in [2.45, 2.75) is 25.9 Å². The summed E-state index contributed by atoms with van der Waals surface area (Å²) in [6.45, 7) is 8.67. The maximum absolute atomic E-state index is 5.75. The van der Waals surface area contributed by atoms with Gasteiger partial charge in [-0.2, -0.15) is 0 Å². The third-order valence-corrected chi connectivity index (χ3v) is 4.62. The zero-order valence-electron chi connectivity index (χ0n) is 11.0. The van der Waals surface area contributed by atoms with Crippen molar-refractivity contribution in [3.05, 3.63) is 42.0 Å². The quantitative estimate of drug-likeness (QED) is 0.543. The van der Waals surface area contributed by atoms with E-state index in [1.165, 1.54) is 11.1 Å². The molecule has 0 amide bonds. The molecule has 3 heteroatoms. The van der Waals surface area contributed by atoms with Crippen molar-refractivity contribution < 1.29 is 8.85 Å². The number of hydrogen-bond acceptors (Lipinski definition) is 2. The molecule has 1 rings (SSSR count). The Kier molecular flexibility index (Phi) is 5.61. The fourth-order valence-corrected chi connectivity index (χ4v) is 2.28. The highest BCUT2D eigenvalue weighted by Crippen LogP contribution is 2.10. The smallest absolute Gasteiger partial charge is 0.331 e. The molecule has 0 aliphatic carbocycles. The van der Waals surface area contributed by atoms with Crippen LogP contribution in [0, 0.1) is 0 Å². The fraction of sp³-hybridized carbons (Fsp3) is 0.429. The van der Waals surface area contributed by atoms with E-state index in [0.29, 0.717) is 0 Å². The second-order valence-electron chi connectivity index (χ2n) is 4.51. The van der Waals surface area contributed by atoms with Gasteiger partial charge in [-0.05, 0) is 37.1 Å². The summed E-state index contributed by atoms with van der Waals surface area (Å²) in [5.74, 6) is 0. The molecule has 0 spiro atoms. The molecule has 0 heterocycles. The minimum Gasteiger partial charge on any atom is -0.398 e. The van der Waals surface area contributed by atoms with E-state index in [2.05, 4.69) is 43.9 Å². The van der Waals surface area contributed by atoms with E-state index in [4.69, 9.17) is 8.85 Å². The van der Waals surface area contributed by atoms with E-state index in [0.717, 1.165) is 19.4 Å². The number of benzene rings is 1. The molecule has 0 aliphatic heterocycles.